The Labute approximate surface area is 216 Å². The number of hydrogen-bond acceptors (Lipinski definition) is 9. The van der Waals surface area contributed by atoms with Gasteiger partial charge < -0.3 is 36.6 Å². The minimum Gasteiger partial charge on any atom is -0.502 e. The van der Waals surface area contributed by atoms with Gasteiger partial charge >= 0.3 is 11.7 Å². The van der Waals surface area contributed by atoms with Crippen LogP contribution in [0.2, 0.25) is 0 Å². The number of aromatic hydroxyl groups is 1. The number of nitrogens with zero attached hydrogens (tertiary/aromatic N) is 2. The zero-order valence-corrected chi connectivity index (χ0v) is 20.1. The van der Waals surface area contributed by atoms with Gasteiger partial charge in [0.2, 0.25) is 11.8 Å². The zero-order chi connectivity index (χ0) is 28.0. The summed E-state index contributed by atoms with van der Waals surface area (Å²) in [6.45, 7) is -0.613. The average molecular weight is 530 g/mol. The fraction of sp³-hybridized carbons (Fsp3) is 0.333. The largest absolute Gasteiger partial charge is 0.502 e. The maximum atomic E-state index is 13.1. The molecule has 38 heavy (non-hydrogen) atoms. The normalized spacial score (nSPS) is 16.3. The van der Waals surface area contributed by atoms with Crippen LogP contribution in [0.15, 0.2) is 42.5 Å². The molecule has 3 rings (SSSR count). The second-order valence-electron chi connectivity index (χ2n) is 8.67. The van der Waals surface area contributed by atoms with Gasteiger partial charge in [0.15, 0.2) is 5.75 Å². The molecule has 3 atom stereocenters. The number of benzene rings is 2. The number of para-hydroxylation sites is 1. The molecule has 14 nitrogen and oxygen atoms in total. The number of nitrogens with two attached hydrogens (primary N) is 1. The molecule has 1 saturated heterocycles. The Balaban J connectivity index is 1.71. The summed E-state index contributed by atoms with van der Waals surface area (Å²) in [6, 6.07) is 5.59. The Hall–Kier alpha value is -4.72. The van der Waals surface area contributed by atoms with Crippen molar-refractivity contribution in [1.29, 1.82) is 0 Å². The number of anilines is 1. The Bertz CT molecular complexity index is 1250. The molecule has 0 aromatic heterocycles. The van der Waals surface area contributed by atoms with Crippen LogP contribution in [0, 0.1) is 10.1 Å². The summed E-state index contributed by atoms with van der Waals surface area (Å²) in [5.74, 6) is -4.19. The molecule has 1 aliphatic rings. The van der Waals surface area contributed by atoms with E-state index < -0.39 is 64.8 Å². The van der Waals surface area contributed by atoms with Crippen LogP contribution < -0.4 is 16.4 Å². The number of aliphatic hydroxyl groups is 1. The summed E-state index contributed by atoms with van der Waals surface area (Å²) in [6.07, 6.45) is 0.312. The highest BCUT2D eigenvalue weighted by atomic mass is 16.6. The predicted octanol–water partition coefficient (Wildman–Crippen LogP) is -0.224. The number of aliphatic hydroxyl groups excluding tert-OH is 1. The highest BCUT2D eigenvalue weighted by Gasteiger charge is 2.39. The van der Waals surface area contributed by atoms with Crippen LogP contribution in [0.5, 0.6) is 5.75 Å². The minimum absolute atomic E-state index is 0.105. The second-order valence-corrected chi connectivity index (χ2v) is 8.67. The molecule has 2 aromatic rings. The van der Waals surface area contributed by atoms with E-state index in [2.05, 4.69) is 10.6 Å². The van der Waals surface area contributed by atoms with Crippen molar-refractivity contribution in [2.45, 2.75) is 37.4 Å². The molecule has 7 N–H and O–H groups in total. The molecule has 0 saturated carbocycles. The lowest BCUT2D eigenvalue weighted by Crippen LogP contribution is -2.56. The first-order valence-electron chi connectivity index (χ1n) is 11.6. The fourth-order valence-corrected chi connectivity index (χ4v) is 4.17. The molecule has 0 spiro atoms. The first-order valence-corrected chi connectivity index (χ1v) is 11.6. The number of carboxylic acids is 1. The average Bonchev–Trinajstić information content (AvgIpc) is 3.37. The van der Waals surface area contributed by atoms with Crippen LogP contribution >= 0.6 is 0 Å². The number of phenolic OH excluding ortho intramolecular Hbond substituents is 1. The molecule has 1 fully saturated rings. The van der Waals surface area contributed by atoms with Crippen molar-refractivity contribution in [1.82, 2.24) is 15.5 Å². The molecular formula is C24H27N5O9. The predicted molar refractivity (Wildman–Crippen MR) is 132 cm³/mol. The number of nitrogens with one attached hydrogen (secondary N) is 2. The van der Waals surface area contributed by atoms with Gasteiger partial charge in [-0.05, 0) is 36.6 Å². The van der Waals surface area contributed by atoms with Crippen LogP contribution in [0.1, 0.15) is 28.8 Å². The van der Waals surface area contributed by atoms with Crippen LogP contribution in [0.25, 0.3) is 0 Å². The lowest BCUT2D eigenvalue weighted by molar-refractivity contribution is -0.385. The maximum Gasteiger partial charge on any atom is 0.326 e. The summed E-state index contributed by atoms with van der Waals surface area (Å²) < 4.78 is 0. The first-order chi connectivity index (χ1) is 18.0. The molecule has 0 unspecified atom stereocenters. The fourth-order valence-electron chi connectivity index (χ4n) is 4.17. The summed E-state index contributed by atoms with van der Waals surface area (Å²) in [5.41, 5.74) is 5.64. The van der Waals surface area contributed by atoms with Gasteiger partial charge in [-0.15, -0.1) is 0 Å². The van der Waals surface area contributed by atoms with E-state index in [1.54, 1.807) is 12.1 Å². The van der Waals surface area contributed by atoms with E-state index in [-0.39, 0.29) is 36.2 Å². The van der Waals surface area contributed by atoms with Gasteiger partial charge in [-0.2, -0.15) is 0 Å². The van der Waals surface area contributed by atoms with Crippen molar-refractivity contribution in [2.24, 2.45) is 0 Å². The molecule has 0 aliphatic carbocycles. The number of nitro benzene ring substituents is 1. The Morgan fingerprint density at radius 3 is 2.47 bits per heavy atom. The number of amides is 3. The summed E-state index contributed by atoms with van der Waals surface area (Å²) in [5, 5.41) is 44.8. The Morgan fingerprint density at radius 2 is 1.84 bits per heavy atom. The number of likely N-dealkylation sites (tertiary alicyclic amines) is 1. The molecule has 14 heteroatoms. The quantitative estimate of drug-likeness (QED) is 0.135. The van der Waals surface area contributed by atoms with Crippen molar-refractivity contribution >= 4 is 35.1 Å². The van der Waals surface area contributed by atoms with Crippen LogP contribution in [0.3, 0.4) is 0 Å². The number of carbonyl (C=O) groups is 4. The van der Waals surface area contributed by atoms with Gasteiger partial charge in [0.25, 0.3) is 5.91 Å². The minimum atomic E-state index is -1.49. The molecule has 0 bridgehead atoms. The summed E-state index contributed by atoms with van der Waals surface area (Å²) in [4.78, 5) is 61.9. The van der Waals surface area contributed by atoms with E-state index >= 15 is 0 Å². The second kappa shape index (κ2) is 12.0. The van der Waals surface area contributed by atoms with Gasteiger partial charge in [0.05, 0.1) is 17.1 Å². The third kappa shape index (κ3) is 6.34. The van der Waals surface area contributed by atoms with Gasteiger partial charge in [-0.1, -0.05) is 18.2 Å². The van der Waals surface area contributed by atoms with Crippen molar-refractivity contribution in [3.63, 3.8) is 0 Å². The summed E-state index contributed by atoms with van der Waals surface area (Å²) >= 11 is 0. The van der Waals surface area contributed by atoms with Crippen molar-refractivity contribution in [3.8, 4) is 5.75 Å². The number of carbonyl (C=O) groups excluding carboxylic acids is 3. The van der Waals surface area contributed by atoms with Gasteiger partial charge in [-0.3, -0.25) is 24.5 Å². The number of nitro groups is 1. The lowest BCUT2D eigenvalue weighted by atomic mass is 10.0. The van der Waals surface area contributed by atoms with Crippen LogP contribution in [-0.4, -0.2) is 80.1 Å². The highest BCUT2D eigenvalue weighted by Crippen LogP contribution is 2.27. The van der Waals surface area contributed by atoms with E-state index in [1.807, 2.05) is 0 Å². The molecule has 3 amide bonds. The number of aliphatic carboxylic acids is 1. The van der Waals surface area contributed by atoms with E-state index in [9.17, 15) is 44.6 Å². The topological polar surface area (TPSA) is 225 Å². The number of phenols is 1. The standard InChI is InChI=1S/C24H27N5O9/c25-15-5-2-1-4-14(15)21(32)27-17(12-30)23(34)28-9-3-6-18(28)22(33)26-16(24(35)36)10-13-7-8-20(31)19(11-13)29(37)38/h1-2,4-5,7-8,11,16-18,30-31H,3,6,9-10,12,25H2,(H,26,33)(H,27,32)(H,35,36)/t16-,17-,18-/m1/s1. The first kappa shape index (κ1) is 27.9. The van der Waals surface area contributed by atoms with Crippen LogP contribution in [-0.2, 0) is 20.8 Å². The molecule has 1 heterocycles. The van der Waals surface area contributed by atoms with E-state index in [4.69, 9.17) is 5.73 Å². The highest BCUT2D eigenvalue weighted by molar-refractivity contribution is 6.02. The molecule has 0 radical (unpaired) electrons. The number of carboxylic acid groups (broad SMARTS) is 1. The molecule has 202 valence electrons. The van der Waals surface area contributed by atoms with Crippen molar-refractivity contribution in [3.05, 3.63) is 63.7 Å². The van der Waals surface area contributed by atoms with Gasteiger partial charge in [-0.25, -0.2) is 4.79 Å². The lowest BCUT2D eigenvalue weighted by Gasteiger charge is -2.29. The Morgan fingerprint density at radius 1 is 1.13 bits per heavy atom. The van der Waals surface area contributed by atoms with E-state index in [0.29, 0.717) is 6.42 Å². The SMILES string of the molecule is Nc1ccccc1C(=O)N[C@H](CO)C(=O)N1CCC[C@@H]1C(=O)N[C@H](Cc1ccc(O)c([N+](=O)[O-])c1)C(=O)O. The number of nitrogen functional groups attached to an aromatic ring is 1. The zero-order valence-electron chi connectivity index (χ0n) is 20.1. The Kier molecular flexibility index (Phi) is 8.81. The monoisotopic (exact) mass is 529 g/mol. The number of hydrogen-bond donors (Lipinski definition) is 6. The van der Waals surface area contributed by atoms with Crippen molar-refractivity contribution in [2.75, 3.05) is 18.9 Å². The molecule has 2 aromatic carbocycles. The number of rotatable bonds is 10. The van der Waals surface area contributed by atoms with Gasteiger partial charge in [0.1, 0.15) is 18.1 Å². The van der Waals surface area contributed by atoms with Gasteiger partial charge in [0, 0.05) is 24.7 Å². The maximum absolute atomic E-state index is 13.1. The molecule has 1 aliphatic heterocycles. The van der Waals surface area contributed by atoms with Crippen LogP contribution in [0.4, 0.5) is 11.4 Å². The molecular weight excluding hydrogens is 502 g/mol. The summed E-state index contributed by atoms with van der Waals surface area (Å²) in [7, 11) is 0. The van der Waals surface area contributed by atoms with E-state index in [0.717, 1.165) is 17.0 Å². The van der Waals surface area contributed by atoms with Crippen molar-refractivity contribution < 1.29 is 39.4 Å². The smallest absolute Gasteiger partial charge is 0.326 e. The van der Waals surface area contributed by atoms with E-state index in [1.165, 1.54) is 18.2 Å². The third-order valence-corrected chi connectivity index (χ3v) is 6.12. The third-order valence-electron chi connectivity index (χ3n) is 6.12.